The minimum absolute atomic E-state index is 0.0976. The average molecular weight is 411 g/mol. The molecule has 1 aromatic heterocycles. The summed E-state index contributed by atoms with van der Waals surface area (Å²) in [4.78, 5) is 8.34. The number of hydrogen-bond acceptors (Lipinski definition) is 3. The van der Waals surface area contributed by atoms with Crippen molar-refractivity contribution in [2.24, 2.45) is 0 Å². The van der Waals surface area contributed by atoms with E-state index >= 15 is 0 Å². The summed E-state index contributed by atoms with van der Waals surface area (Å²) in [6.07, 6.45) is -0.0146. The molecule has 7 heteroatoms. The summed E-state index contributed by atoms with van der Waals surface area (Å²) in [6, 6.07) is 2.65. The van der Waals surface area contributed by atoms with Crippen LogP contribution in [0.2, 0.25) is 0 Å². The highest BCUT2D eigenvalue weighted by Crippen LogP contribution is 2.38. The fourth-order valence-electron chi connectivity index (χ4n) is 3.23. The topological polar surface area (TPSA) is 19.4 Å². The van der Waals surface area contributed by atoms with Crippen molar-refractivity contribution in [2.75, 3.05) is 24.5 Å². The van der Waals surface area contributed by atoms with E-state index in [0.29, 0.717) is 6.54 Å². The summed E-state index contributed by atoms with van der Waals surface area (Å²) < 4.78 is 40.0. The zero-order chi connectivity index (χ0) is 15.0. The van der Waals surface area contributed by atoms with Crippen LogP contribution in [0.25, 0.3) is 0 Å². The molecule has 0 aromatic carbocycles. The predicted octanol–water partition coefficient (Wildman–Crippen LogP) is 3.54. The molecule has 0 N–H and O–H groups in total. The van der Waals surface area contributed by atoms with Gasteiger partial charge in [-0.25, -0.2) is 4.98 Å². The average Bonchev–Trinajstić information content (AvgIpc) is 2.75. The highest BCUT2D eigenvalue weighted by molar-refractivity contribution is 14.1. The summed E-state index contributed by atoms with van der Waals surface area (Å²) in [6.45, 7) is 2.61. The van der Waals surface area contributed by atoms with Gasteiger partial charge in [-0.3, -0.25) is 4.90 Å². The van der Waals surface area contributed by atoms with Gasteiger partial charge in [0.25, 0.3) is 0 Å². The van der Waals surface area contributed by atoms with Crippen molar-refractivity contribution >= 4 is 28.4 Å². The Balaban J connectivity index is 1.99. The molecule has 0 radical (unpaired) electrons. The highest BCUT2D eigenvalue weighted by atomic mass is 127. The highest BCUT2D eigenvalue weighted by Gasteiger charge is 2.39. The molecule has 0 aliphatic carbocycles. The lowest BCUT2D eigenvalue weighted by molar-refractivity contribution is -0.137. The first-order chi connectivity index (χ1) is 9.97. The van der Waals surface area contributed by atoms with Crippen molar-refractivity contribution in [3.05, 3.63) is 23.9 Å². The number of rotatable bonds is 1. The van der Waals surface area contributed by atoms with Crippen molar-refractivity contribution in [2.45, 2.75) is 35.5 Å². The molecule has 3 unspecified atom stereocenters. The fraction of sp³-hybridized carbons (Fsp3) is 0.643. The molecule has 2 saturated heterocycles. The molecule has 2 bridgehead atoms. The molecule has 0 amide bonds. The van der Waals surface area contributed by atoms with Crippen LogP contribution in [-0.2, 0) is 6.18 Å². The predicted molar refractivity (Wildman–Crippen MR) is 83.6 cm³/mol. The van der Waals surface area contributed by atoms with Crippen LogP contribution < -0.4 is 4.90 Å². The van der Waals surface area contributed by atoms with Gasteiger partial charge in [-0.15, -0.1) is 0 Å². The molecule has 21 heavy (non-hydrogen) atoms. The molecule has 3 heterocycles. The van der Waals surface area contributed by atoms with Crippen molar-refractivity contribution in [1.29, 1.82) is 0 Å². The van der Waals surface area contributed by atoms with E-state index in [1.807, 2.05) is 4.90 Å². The van der Waals surface area contributed by atoms with Gasteiger partial charge in [0.15, 0.2) is 0 Å². The van der Waals surface area contributed by atoms with Crippen LogP contribution in [0.4, 0.5) is 19.0 Å². The van der Waals surface area contributed by atoms with Gasteiger partial charge in [0.1, 0.15) is 5.82 Å². The molecule has 3 rings (SSSR count). The van der Waals surface area contributed by atoms with E-state index in [4.69, 9.17) is 0 Å². The van der Waals surface area contributed by atoms with Gasteiger partial charge >= 0.3 is 6.18 Å². The van der Waals surface area contributed by atoms with E-state index in [-0.39, 0.29) is 15.9 Å². The van der Waals surface area contributed by atoms with Crippen LogP contribution in [0, 0.1) is 0 Å². The third-order valence-electron chi connectivity index (χ3n) is 4.28. The Morgan fingerprint density at radius 2 is 2.05 bits per heavy atom. The van der Waals surface area contributed by atoms with Crippen LogP contribution >= 0.6 is 22.6 Å². The van der Waals surface area contributed by atoms with E-state index < -0.39 is 11.7 Å². The molecule has 3 nitrogen and oxygen atoms in total. The van der Waals surface area contributed by atoms with Crippen molar-refractivity contribution in [3.8, 4) is 0 Å². The monoisotopic (exact) mass is 411 g/mol. The molecular formula is C14H17F3IN3. The van der Waals surface area contributed by atoms with Gasteiger partial charge in [-0.05, 0) is 37.9 Å². The van der Waals surface area contributed by atoms with E-state index in [2.05, 4.69) is 32.5 Å². The number of nitrogens with zero attached hydrogens (tertiary/aromatic N) is 3. The molecular weight excluding hydrogens is 394 g/mol. The first kappa shape index (κ1) is 15.3. The number of anilines is 1. The molecule has 0 saturated carbocycles. The summed E-state index contributed by atoms with van der Waals surface area (Å²) in [5.41, 5.74) is -0.618. The Kier molecular flexibility index (Phi) is 4.31. The van der Waals surface area contributed by atoms with Gasteiger partial charge in [-0.1, -0.05) is 22.6 Å². The quantitative estimate of drug-likeness (QED) is 0.401. The second-order valence-corrected chi connectivity index (χ2v) is 7.02. The number of aromatic nitrogens is 1. The summed E-state index contributed by atoms with van der Waals surface area (Å²) in [5.74, 6) is 0.0976. The van der Waals surface area contributed by atoms with Crippen molar-refractivity contribution in [1.82, 2.24) is 9.88 Å². The number of halogens is 4. The summed E-state index contributed by atoms with van der Waals surface area (Å²) in [5, 5.41) is 0. The fourth-order valence-corrected chi connectivity index (χ4v) is 4.21. The minimum atomic E-state index is -4.36. The zero-order valence-electron chi connectivity index (χ0n) is 11.5. The van der Waals surface area contributed by atoms with Gasteiger partial charge in [-0.2, -0.15) is 13.2 Å². The van der Waals surface area contributed by atoms with Gasteiger partial charge in [0.2, 0.25) is 0 Å². The van der Waals surface area contributed by atoms with E-state index in [1.165, 1.54) is 12.3 Å². The maximum Gasteiger partial charge on any atom is 0.419 e. The van der Waals surface area contributed by atoms with Crippen LogP contribution in [-0.4, -0.2) is 39.6 Å². The van der Waals surface area contributed by atoms with Crippen LogP contribution in [0.15, 0.2) is 18.3 Å². The lowest BCUT2D eigenvalue weighted by atomic mass is 10.1. The SMILES string of the molecule is FC(F)(F)c1cccnc1N1CC(I)N2CCCC1CC2. The molecule has 2 fully saturated rings. The number of alkyl halides is 4. The van der Waals surface area contributed by atoms with Crippen LogP contribution in [0.1, 0.15) is 24.8 Å². The van der Waals surface area contributed by atoms with Crippen molar-refractivity contribution in [3.63, 3.8) is 0 Å². The first-order valence-electron chi connectivity index (χ1n) is 7.14. The van der Waals surface area contributed by atoms with Crippen molar-refractivity contribution < 1.29 is 13.2 Å². The molecule has 2 aliphatic heterocycles. The third kappa shape index (κ3) is 3.13. The smallest absolute Gasteiger partial charge is 0.351 e. The molecule has 2 aliphatic rings. The molecule has 3 atom stereocenters. The maximum absolute atomic E-state index is 13.2. The third-order valence-corrected chi connectivity index (χ3v) is 5.46. The van der Waals surface area contributed by atoms with E-state index in [0.717, 1.165) is 38.4 Å². The lowest BCUT2D eigenvalue weighted by Gasteiger charge is -2.35. The number of pyridine rings is 1. The van der Waals surface area contributed by atoms with Crippen LogP contribution in [0.5, 0.6) is 0 Å². The van der Waals surface area contributed by atoms with Gasteiger partial charge < -0.3 is 4.90 Å². The zero-order valence-corrected chi connectivity index (χ0v) is 13.6. The number of fused-ring (bicyclic) bond motifs is 3. The second-order valence-electron chi connectivity index (χ2n) is 5.58. The van der Waals surface area contributed by atoms with Crippen LogP contribution in [0.3, 0.4) is 0 Å². The normalized spacial score (nSPS) is 30.1. The molecule has 1 aromatic rings. The van der Waals surface area contributed by atoms with E-state index in [1.54, 1.807) is 0 Å². The van der Waals surface area contributed by atoms with Gasteiger partial charge in [0, 0.05) is 25.3 Å². The largest absolute Gasteiger partial charge is 0.419 e. The van der Waals surface area contributed by atoms with Gasteiger partial charge in [0.05, 0.1) is 9.61 Å². The molecule has 116 valence electrons. The summed E-state index contributed by atoms with van der Waals surface area (Å²) in [7, 11) is 0. The first-order valence-corrected chi connectivity index (χ1v) is 8.38. The minimum Gasteiger partial charge on any atom is -0.351 e. The second kappa shape index (κ2) is 5.91. The van der Waals surface area contributed by atoms with E-state index in [9.17, 15) is 13.2 Å². The Morgan fingerprint density at radius 1 is 1.24 bits per heavy atom. The Morgan fingerprint density at radius 3 is 2.81 bits per heavy atom. The Hall–Kier alpha value is -0.570. The Bertz CT molecular complexity index is 508. The molecule has 0 spiro atoms. The summed E-state index contributed by atoms with van der Waals surface area (Å²) >= 11 is 2.34. The standard InChI is InChI=1S/C14H17F3IN3/c15-14(16,17)11-4-1-6-19-13(11)21-9-12(18)20-7-2-3-10(21)5-8-20/h1,4,6,10,12H,2-3,5,7-9H2. The lowest BCUT2D eigenvalue weighted by Crippen LogP contribution is -2.43. The maximum atomic E-state index is 13.2. The Labute approximate surface area is 135 Å². The number of hydrogen-bond donors (Lipinski definition) is 0.